The first-order valence-corrected chi connectivity index (χ1v) is 7.93. The number of nitrogens with zero attached hydrogens (tertiary/aromatic N) is 1. The third-order valence-corrected chi connectivity index (χ3v) is 4.40. The molecule has 0 saturated carbocycles. The zero-order valence-corrected chi connectivity index (χ0v) is 16.6. The molecule has 108 valence electrons. The summed E-state index contributed by atoms with van der Waals surface area (Å²) in [4.78, 5) is 27.5. The molecule has 4 nitrogen and oxygen atoms in total. The van der Waals surface area contributed by atoms with Crippen LogP contribution >= 0.6 is 23.1 Å². The van der Waals surface area contributed by atoms with Crippen molar-refractivity contribution in [2.75, 3.05) is 0 Å². The summed E-state index contributed by atoms with van der Waals surface area (Å²) in [6.45, 7) is 3.57. The van der Waals surface area contributed by atoms with Gasteiger partial charge in [-0.25, -0.2) is 4.98 Å². The summed E-state index contributed by atoms with van der Waals surface area (Å²) in [5, 5.41) is -0.0650. The first-order chi connectivity index (χ1) is 9.54. The topological polar surface area (TPSA) is 56.3 Å². The van der Waals surface area contributed by atoms with Gasteiger partial charge in [0.2, 0.25) is 0 Å². The number of carbonyl (C=O) groups is 2. The van der Waals surface area contributed by atoms with Gasteiger partial charge in [0.1, 0.15) is 0 Å². The summed E-state index contributed by atoms with van der Waals surface area (Å²) < 4.78 is 6.76. The number of hydrogen-bond acceptors (Lipinski definition) is 6. The van der Waals surface area contributed by atoms with Gasteiger partial charge < -0.3 is 4.74 Å². The van der Waals surface area contributed by atoms with Crippen LogP contribution in [-0.4, -0.2) is 22.2 Å². The van der Waals surface area contributed by atoms with Crippen molar-refractivity contribution in [2.24, 2.45) is 0 Å². The van der Waals surface area contributed by atoms with E-state index in [9.17, 15) is 9.59 Å². The van der Waals surface area contributed by atoms with Crippen molar-refractivity contribution in [3.63, 3.8) is 0 Å². The van der Waals surface area contributed by atoms with E-state index < -0.39 is 0 Å². The summed E-state index contributed by atoms with van der Waals surface area (Å²) in [6, 6.07) is 7.75. The number of ether oxygens (including phenoxy) is 1. The second kappa shape index (κ2) is 8.61. The van der Waals surface area contributed by atoms with Crippen molar-refractivity contribution < 1.29 is 33.8 Å². The summed E-state index contributed by atoms with van der Waals surface area (Å²) >= 11 is 2.58. The van der Waals surface area contributed by atoms with E-state index >= 15 is 0 Å². The third-order valence-electron chi connectivity index (χ3n) is 2.38. The van der Waals surface area contributed by atoms with Crippen LogP contribution in [0.1, 0.15) is 26.7 Å². The largest absolute Gasteiger partial charge is 0.463 e. The van der Waals surface area contributed by atoms with E-state index in [1.165, 1.54) is 11.3 Å². The molecule has 0 aliphatic rings. The molecule has 0 amide bonds. The standard InChI is InChI=1S/C14H15NO3S2.Zn/c1-9(2)18-12(16)7-8-13(17)20-14-15-10-5-3-4-6-11(10)19-14;/h3-6,9H,7-8H2,1-2H3;. The molecule has 0 spiro atoms. The summed E-state index contributed by atoms with van der Waals surface area (Å²) in [7, 11) is 0. The number of aromatic nitrogens is 1. The predicted octanol–water partition coefficient (Wildman–Crippen LogP) is 3.64. The van der Waals surface area contributed by atoms with Gasteiger partial charge >= 0.3 is 5.97 Å². The zero-order valence-electron chi connectivity index (χ0n) is 12.0. The summed E-state index contributed by atoms with van der Waals surface area (Å²) in [5.74, 6) is -0.335. The van der Waals surface area contributed by atoms with Crippen molar-refractivity contribution in [1.29, 1.82) is 0 Å². The van der Waals surface area contributed by atoms with Crippen LogP contribution in [0.3, 0.4) is 0 Å². The molecular weight excluding hydrogens is 360 g/mol. The van der Waals surface area contributed by atoms with Crippen LogP contribution in [0.25, 0.3) is 10.2 Å². The van der Waals surface area contributed by atoms with Crippen molar-refractivity contribution in [3.05, 3.63) is 24.3 Å². The van der Waals surface area contributed by atoms with Crippen LogP contribution in [-0.2, 0) is 33.8 Å². The molecule has 21 heavy (non-hydrogen) atoms. The number of benzene rings is 1. The van der Waals surface area contributed by atoms with Crippen molar-refractivity contribution in [3.8, 4) is 0 Å². The van der Waals surface area contributed by atoms with E-state index in [2.05, 4.69) is 4.98 Å². The molecule has 2 aromatic rings. The van der Waals surface area contributed by atoms with E-state index in [0.29, 0.717) is 4.34 Å². The Hall–Kier alpha value is -0.777. The average molecular weight is 375 g/mol. The average Bonchev–Trinajstić information content (AvgIpc) is 2.77. The molecule has 1 aromatic heterocycles. The normalized spacial score (nSPS) is 10.4. The quantitative estimate of drug-likeness (QED) is 0.454. The maximum absolute atomic E-state index is 11.8. The molecule has 0 N–H and O–H groups in total. The Morgan fingerprint density at radius 1 is 1.29 bits per heavy atom. The first-order valence-electron chi connectivity index (χ1n) is 6.30. The Bertz CT molecular complexity index is 594. The fourth-order valence-corrected chi connectivity index (χ4v) is 3.52. The van der Waals surface area contributed by atoms with Gasteiger partial charge in [-0.05, 0) is 37.7 Å². The number of esters is 1. The first kappa shape index (κ1) is 18.3. The van der Waals surface area contributed by atoms with Crippen LogP contribution < -0.4 is 0 Å². The van der Waals surface area contributed by atoms with Gasteiger partial charge in [0.15, 0.2) is 9.45 Å². The van der Waals surface area contributed by atoms with Crippen molar-refractivity contribution in [2.45, 2.75) is 37.1 Å². The van der Waals surface area contributed by atoms with Gasteiger partial charge in [-0.1, -0.05) is 12.1 Å². The van der Waals surface area contributed by atoms with Gasteiger partial charge in [0.25, 0.3) is 0 Å². The summed E-state index contributed by atoms with van der Waals surface area (Å²) in [5.41, 5.74) is 0.895. The van der Waals surface area contributed by atoms with E-state index in [4.69, 9.17) is 4.74 Å². The smallest absolute Gasteiger partial charge is 0.306 e. The van der Waals surface area contributed by atoms with E-state index in [-0.39, 0.29) is 49.5 Å². The molecule has 0 fully saturated rings. The molecule has 0 unspecified atom stereocenters. The number of thioether (sulfide) groups is 1. The molecule has 0 aliphatic carbocycles. The maximum atomic E-state index is 11.8. The minimum atomic E-state index is -0.335. The van der Waals surface area contributed by atoms with E-state index in [0.717, 1.165) is 22.0 Å². The zero-order chi connectivity index (χ0) is 14.5. The molecule has 0 radical (unpaired) electrons. The fourth-order valence-electron chi connectivity index (χ4n) is 1.57. The number of hydrogen-bond donors (Lipinski definition) is 0. The molecule has 1 aromatic carbocycles. The SMILES string of the molecule is CC(C)OC(=O)CCC(=O)Sc1nc2ccccc2s1.[Zn]. The Balaban J connectivity index is 0.00000220. The van der Waals surface area contributed by atoms with Gasteiger partial charge in [0, 0.05) is 25.9 Å². The van der Waals surface area contributed by atoms with Crippen LogP contribution in [0, 0.1) is 0 Å². The summed E-state index contributed by atoms with van der Waals surface area (Å²) in [6.07, 6.45) is 0.149. The van der Waals surface area contributed by atoms with Crippen molar-refractivity contribution in [1.82, 2.24) is 4.98 Å². The van der Waals surface area contributed by atoms with Crippen molar-refractivity contribution >= 4 is 44.4 Å². The minimum absolute atomic E-state index is 0. The maximum Gasteiger partial charge on any atom is 0.306 e. The second-order valence-corrected chi connectivity index (χ2v) is 6.80. The molecule has 7 heteroatoms. The predicted molar refractivity (Wildman–Crippen MR) is 80.9 cm³/mol. The third kappa shape index (κ3) is 5.85. The Kier molecular flexibility index (Phi) is 7.50. The van der Waals surface area contributed by atoms with E-state index in [1.807, 2.05) is 24.3 Å². The van der Waals surface area contributed by atoms with Crippen LogP contribution in [0.5, 0.6) is 0 Å². The number of rotatable bonds is 5. The minimum Gasteiger partial charge on any atom is -0.463 e. The van der Waals surface area contributed by atoms with Crippen LogP contribution in [0.15, 0.2) is 28.6 Å². The Morgan fingerprint density at radius 2 is 2.00 bits per heavy atom. The fraction of sp³-hybridized carbons (Fsp3) is 0.357. The number of para-hydroxylation sites is 1. The van der Waals surface area contributed by atoms with Gasteiger partial charge in [-0.3, -0.25) is 9.59 Å². The molecule has 0 saturated heterocycles. The number of carbonyl (C=O) groups excluding carboxylic acids is 2. The number of fused-ring (bicyclic) bond motifs is 1. The molecule has 0 aliphatic heterocycles. The Labute approximate surface area is 144 Å². The molecule has 2 rings (SSSR count). The van der Waals surface area contributed by atoms with Gasteiger partial charge in [0.05, 0.1) is 22.7 Å². The number of thiazole rings is 1. The van der Waals surface area contributed by atoms with Gasteiger partial charge in [-0.2, -0.15) is 0 Å². The van der Waals surface area contributed by atoms with Crippen LogP contribution in [0.2, 0.25) is 0 Å². The second-order valence-electron chi connectivity index (χ2n) is 4.46. The monoisotopic (exact) mass is 373 g/mol. The van der Waals surface area contributed by atoms with Gasteiger partial charge in [-0.15, -0.1) is 11.3 Å². The molecule has 1 heterocycles. The molecule has 0 atom stereocenters. The Morgan fingerprint density at radius 3 is 2.67 bits per heavy atom. The van der Waals surface area contributed by atoms with E-state index in [1.54, 1.807) is 13.8 Å². The van der Waals surface area contributed by atoms with Crippen LogP contribution in [0.4, 0.5) is 0 Å². The molecular formula is C14H15NO3S2Zn. The molecule has 0 bridgehead atoms.